The Hall–Kier alpha value is -2.19. The summed E-state index contributed by atoms with van der Waals surface area (Å²) < 4.78 is 33.5. The zero-order chi connectivity index (χ0) is 45.0. The van der Waals surface area contributed by atoms with Crippen LogP contribution in [0.2, 0.25) is 0 Å². The predicted molar refractivity (Wildman–Crippen MR) is 239 cm³/mol. The van der Waals surface area contributed by atoms with Crippen molar-refractivity contribution >= 4 is 19.8 Å². The molecule has 0 aliphatic heterocycles. The fourth-order valence-corrected chi connectivity index (χ4v) is 7.84. The van der Waals surface area contributed by atoms with Gasteiger partial charge in [0.05, 0.1) is 6.61 Å². The van der Waals surface area contributed by atoms with Crippen molar-refractivity contribution in [2.24, 2.45) is 0 Å². The van der Waals surface area contributed by atoms with E-state index in [0.29, 0.717) is 12.8 Å². The smallest absolute Gasteiger partial charge is 0.462 e. The standard InChI is InChI=1S/C47H83O13P/c1-3-5-7-9-11-13-15-17-19-20-22-24-26-28-30-32-34-36-41(49)59-39(38-58-61(55,56)60-47-45(53)43(51)42(50)44(52)46(47)54)37-57-40(48)35-33-31-29-27-25-23-21-18-16-14-12-10-8-6-4-2/h7,9,13,15,19-20,24,26,39,42-47,50-54H,3-6,8,10-12,14,16-18,21-23,25,27-38H2,1-2H3,(H,55,56)/b9-7+,15-13+,20-19+,26-24+/t39-,42?,43+,44?,45?,46?,47?/m1/s1. The van der Waals surface area contributed by atoms with E-state index in [0.717, 1.165) is 64.2 Å². The van der Waals surface area contributed by atoms with Crippen LogP contribution < -0.4 is 0 Å². The minimum Gasteiger partial charge on any atom is -0.462 e. The maximum Gasteiger partial charge on any atom is 0.472 e. The zero-order valence-corrected chi connectivity index (χ0v) is 38.3. The average Bonchev–Trinajstić information content (AvgIpc) is 3.24. The summed E-state index contributed by atoms with van der Waals surface area (Å²) in [7, 11) is -5.13. The summed E-state index contributed by atoms with van der Waals surface area (Å²) in [5.41, 5.74) is 0. The molecule has 13 nitrogen and oxygen atoms in total. The third kappa shape index (κ3) is 29.7. The molecule has 1 saturated carbocycles. The number of rotatable bonds is 38. The molecule has 0 spiro atoms. The molecule has 0 aromatic rings. The summed E-state index contributed by atoms with van der Waals surface area (Å²) in [6, 6.07) is 0. The van der Waals surface area contributed by atoms with Crippen molar-refractivity contribution in [3.63, 3.8) is 0 Å². The number of hydrogen-bond acceptors (Lipinski definition) is 12. The minimum absolute atomic E-state index is 0.0593. The number of aliphatic hydroxyl groups excluding tert-OH is 5. The van der Waals surface area contributed by atoms with E-state index in [1.165, 1.54) is 77.0 Å². The number of allylic oxidation sites excluding steroid dienone is 8. The largest absolute Gasteiger partial charge is 0.472 e. The van der Waals surface area contributed by atoms with E-state index in [1.54, 1.807) is 0 Å². The second-order valence-corrected chi connectivity index (χ2v) is 17.7. The van der Waals surface area contributed by atoms with Gasteiger partial charge in [0.15, 0.2) is 6.10 Å². The molecule has 6 N–H and O–H groups in total. The van der Waals surface area contributed by atoms with Gasteiger partial charge in [0, 0.05) is 12.8 Å². The Morgan fingerprint density at radius 2 is 0.918 bits per heavy atom. The van der Waals surface area contributed by atoms with Crippen LogP contribution in [0.3, 0.4) is 0 Å². The maximum absolute atomic E-state index is 12.8. The summed E-state index contributed by atoms with van der Waals surface area (Å²) in [4.78, 5) is 35.7. The van der Waals surface area contributed by atoms with Gasteiger partial charge in [-0.25, -0.2) is 4.57 Å². The molecule has 0 saturated heterocycles. The van der Waals surface area contributed by atoms with E-state index < -0.39 is 75.7 Å². The normalized spacial score (nSPS) is 22.4. The maximum atomic E-state index is 12.8. The Balaban J connectivity index is 2.48. The highest BCUT2D eigenvalue weighted by atomic mass is 31.2. The van der Waals surface area contributed by atoms with Gasteiger partial charge in [0.25, 0.3) is 0 Å². The van der Waals surface area contributed by atoms with E-state index in [4.69, 9.17) is 18.5 Å². The van der Waals surface area contributed by atoms with Crippen molar-refractivity contribution in [1.29, 1.82) is 0 Å². The Morgan fingerprint density at radius 1 is 0.508 bits per heavy atom. The summed E-state index contributed by atoms with van der Waals surface area (Å²) in [6.07, 6.45) is 30.2. The summed E-state index contributed by atoms with van der Waals surface area (Å²) in [5, 5.41) is 50.1. The molecule has 0 aromatic heterocycles. The number of aliphatic hydroxyl groups is 5. The number of carbonyl (C=O) groups is 2. The number of ether oxygens (including phenoxy) is 2. The van der Waals surface area contributed by atoms with E-state index in [9.17, 15) is 44.6 Å². The highest BCUT2D eigenvalue weighted by Gasteiger charge is 2.51. The fraction of sp³-hybridized carbons (Fsp3) is 0.787. The monoisotopic (exact) mass is 887 g/mol. The molecular formula is C47H83O13P. The van der Waals surface area contributed by atoms with Crippen LogP contribution in [-0.2, 0) is 32.7 Å². The van der Waals surface area contributed by atoms with Gasteiger partial charge in [0.1, 0.15) is 43.2 Å². The third-order valence-electron chi connectivity index (χ3n) is 10.7. The molecule has 0 bridgehead atoms. The highest BCUT2D eigenvalue weighted by Crippen LogP contribution is 2.47. The molecule has 1 fully saturated rings. The molecule has 1 aliphatic rings. The van der Waals surface area contributed by atoms with Crippen LogP contribution in [-0.4, -0.2) is 98.3 Å². The lowest BCUT2D eigenvalue weighted by atomic mass is 9.85. The number of carbonyl (C=O) groups excluding carboxylic acids is 2. The molecule has 8 atom stereocenters. The summed E-state index contributed by atoms with van der Waals surface area (Å²) in [6.45, 7) is 3.21. The molecule has 6 unspecified atom stereocenters. The van der Waals surface area contributed by atoms with Gasteiger partial charge in [0.2, 0.25) is 0 Å². The molecule has 1 rings (SSSR count). The lowest BCUT2D eigenvalue weighted by molar-refractivity contribution is -0.220. The van der Waals surface area contributed by atoms with Crippen LogP contribution in [0.4, 0.5) is 0 Å². The SMILES string of the molecule is CCC/C=C/C/C=C/C/C=C/C/C=C/CCCCCC(=O)O[C@H](COC(=O)CCCCCCCCCCCCCCCCC)COP(=O)(O)OC1C(O)C(O)C(O)[C@H](O)C1O. The first-order chi connectivity index (χ1) is 29.4. The predicted octanol–water partition coefficient (Wildman–Crippen LogP) is 9.17. The molecule has 61 heavy (non-hydrogen) atoms. The van der Waals surface area contributed by atoms with Gasteiger partial charge < -0.3 is 39.9 Å². The van der Waals surface area contributed by atoms with Gasteiger partial charge in [-0.3, -0.25) is 18.6 Å². The lowest BCUT2D eigenvalue weighted by Gasteiger charge is -2.41. The number of phosphoric ester groups is 1. The van der Waals surface area contributed by atoms with Gasteiger partial charge in [-0.15, -0.1) is 0 Å². The van der Waals surface area contributed by atoms with Crippen LogP contribution in [0, 0.1) is 0 Å². The number of phosphoric acid groups is 1. The topological polar surface area (TPSA) is 210 Å². The van der Waals surface area contributed by atoms with Crippen LogP contribution in [0.15, 0.2) is 48.6 Å². The molecule has 0 amide bonds. The second kappa shape index (κ2) is 37.2. The van der Waals surface area contributed by atoms with Gasteiger partial charge in [-0.1, -0.05) is 165 Å². The Labute approximate surface area is 367 Å². The molecule has 0 heterocycles. The van der Waals surface area contributed by atoms with Crippen molar-refractivity contribution in [2.45, 2.75) is 224 Å². The molecule has 14 heteroatoms. The molecular weight excluding hydrogens is 803 g/mol. The van der Waals surface area contributed by atoms with E-state index in [2.05, 4.69) is 62.5 Å². The van der Waals surface area contributed by atoms with Crippen molar-refractivity contribution in [3.8, 4) is 0 Å². The van der Waals surface area contributed by atoms with Gasteiger partial charge >= 0.3 is 19.8 Å². The van der Waals surface area contributed by atoms with Crippen molar-refractivity contribution in [2.75, 3.05) is 13.2 Å². The quantitative estimate of drug-likeness (QED) is 0.0148. The first-order valence-electron chi connectivity index (χ1n) is 23.4. The molecule has 0 radical (unpaired) electrons. The molecule has 354 valence electrons. The van der Waals surface area contributed by atoms with E-state index in [-0.39, 0.29) is 12.8 Å². The number of hydrogen-bond donors (Lipinski definition) is 6. The van der Waals surface area contributed by atoms with Crippen LogP contribution in [0.1, 0.15) is 181 Å². The van der Waals surface area contributed by atoms with Crippen LogP contribution >= 0.6 is 7.82 Å². The Morgan fingerprint density at radius 3 is 1.41 bits per heavy atom. The molecule has 1 aliphatic carbocycles. The Bertz CT molecular complexity index is 1250. The third-order valence-corrected chi connectivity index (χ3v) is 11.6. The van der Waals surface area contributed by atoms with Crippen molar-refractivity contribution in [1.82, 2.24) is 0 Å². The fourth-order valence-electron chi connectivity index (χ4n) is 6.87. The van der Waals surface area contributed by atoms with Crippen molar-refractivity contribution in [3.05, 3.63) is 48.6 Å². The first-order valence-corrected chi connectivity index (χ1v) is 24.9. The summed E-state index contributed by atoms with van der Waals surface area (Å²) >= 11 is 0. The zero-order valence-electron chi connectivity index (χ0n) is 37.4. The van der Waals surface area contributed by atoms with E-state index >= 15 is 0 Å². The molecule has 0 aromatic carbocycles. The van der Waals surface area contributed by atoms with Gasteiger partial charge in [-0.05, 0) is 51.4 Å². The highest BCUT2D eigenvalue weighted by molar-refractivity contribution is 7.47. The second-order valence-electron chi connectivity index (χ2n) is 16.3. The lowest BCUT2D eigenvalue weighted by Crippen LogP contribution is -2.64. The minimum atomic E-state index is -5.13. The average molecular weight is 887 g/mol. The van der Waals surface area contributed by atoms with Crippen LogP contribution in [0.25, 0.3) is 0 Å². The number of esters is 2. The van der Waals surface area contributed by atoms with Gasteiger partial charge in [-0.2, -0.15) is 0 Å². The Kier molecular flexibility index (Phi) is 34.7. The summed E-state index contributed by atoms with van der Waals surface area (Å²) in [5.74, 6) is -1.13. The van der Waals surface area contributed by atoms with Crippen molar-refractivity contribution < 1.29 is 63.1 Å². The number of unbranched alkanes of at least 4 members (excludes halogenated alkanes) is 18. The first kappa shape index (κ1) is 56.8. The van der Waals surface area contributed by atoms with E-state index in [1.807, 2.05) is 0 Å². The van der Waals surface area contributed by atoms with Crippen LogP contribution in [0.5, 0.6) is 0 Å².